The van der Waals surface area contributed by atoms with Crippen LogP contribution in [0.1, 0.15) is 0 Å². The molecule has 0 spiro atoms. The zero-order valence-electron chi connectivity index (χ0n) is 9.71. The van der Waals surface area contributed by atoms with E-state index in [2.05, 4.69) is 20.1 Å². The Morgan fingerprint density at radius 2 is 2.16 bits per heavy atom. The third kappa shape index (κ3) is 1.59. The van der Waals surface area contributed by atoms with Gasteiger partial charge >= 0.3 is 0 Å². The van der Waals surface area contributed by atoms with Crippen LogP contribution in [0.15, 0.2) is 43.1 Å². The third-order valence-electron chi connectivity index (χ3n) is 3.08. The Labute approximate surface area is 112 Å². The van der Waals surface area contributed by atoms with Crippen molar-refractivity contribution in [2.75, 3.05) is 0 Å². The van der Waals surface area contributed by atoms with E-state index in [1.807, 2.05) is 30.6 Å². The zero-order valence-corrected chi connectivity index (χ0v) is 10.5. The summed E-state index contributed by atoms with van der Waals surface area (Å²) >= 11 is 6.01. The van der Waals surface area contributed by atoms with E-state index in [4.69, 9.17) is 11.6 Å². The lowest BCUT2D eigenvalue weighted by atomic mass is 10.1. The number of aromatic nitrogens is 5. The predicted octanol–water partition coefficient (Wildman–Crippen LogP) is 2.93. The summed E-state index contributed by atoms with van der Waals surface area (Å²) < 4.78 is 1.74. The van der Waals surface area contributed by atoms with Crippen molar-refractivity contribution in [2.45, 2.75) is 0 Å². The van der Waals surface area contributed by atoms with Crippen LogP contribution >= 0.6 is 11.6 Å². The standard InChI is InChI=1S/C13H8ClN5/c14-9-3-10-11(5-16-13(10)15-4-9)8-1-2-12-17-7-18-19(12)6-8/h1-7H,(H,15,16). The molecule has 6 heteroatoms. The molecule has 4 aromatic rings. The molecule has 0 radical (unpaired) electrons. The van der Waals surface area contributed by atoms with Gasteiger partial charge in [-0.15, -0.1) is 0 Å². The number of nitrogens with zero attached hydrogens (tertiary/aromatic N) is 4. The van der Waals surface area contributed by atoms with Crippen LogP contribution in [-0.4, -0.2) is 24.6 Å². The van der Waals surface area contributed by atoms with Crippen LogP contribution in [0.4, 0.5) is 0 Å². The molecule has 0 aromatic carbocycles. The number of pyridine rings is 2. The molecule has 0 unspecified atom stereocenters. The summed E-state index contributed by atoms with van der Waals surface area (Å²) in [5.41, 5.74) is 3.72. The number of rotatable bonds is 1. The summed E-state index contributed by atoms with van der Waals surface area (Å²) in [6.45, 7) is 0. The van der Waals surface area contributed by atoms with Gasteiger partial charge < -0.3 is 4.98 Å². The second-order valence-electron chi connectivity index (χ2n) is 4.23. The van der Waals surface area contributed by atoms with Gasteiger partial charge in [0, 0.05) is 35.1 Å². The molecule has 0 aliphatic rings. The average molecular weight is 270 g/mol. The Balaban J connectivity index is 2.00. The fourth-order valence-corrected chi connectivity index (χ4v) is 2.35. The van der Waals surface area contributed by atoms with Gasteiger partial charge in [0.15, 0.2) is 5.65 Å². The topological polar surface area (TPSA) is 58.9 Å². The van der Waals surface area contributed by atoms with E-state index in [0.29, 0.717) is 5.02 Å². The summed E-state index contributed by atoms with van der Waals surface area (Å²) in [5, 5.41) is 5.75. The van der Waals surface area contributed by atoms with Crippen molar-refractivity contribution < 1.29 is 0 Å². The second kappa shape index (κ2) is 3.80. The molecule has 19 heavy (non-hydrogen) atoms. The maximum absolute atomic E-state index is 6.01. The minimum absolute atomic E-state index is 0.621. The Morgan fingerprint density at radius 3 is 3.11 bits per heavy atom. The monoisotopic (exact) mass is 269 g/mol. The average Bonchev–Trinajstić information content (AvgIpc) is 3.03. The van der Waals surface area contributed by atoms with Gasteiger partial charge in [0.2, 0.25) is 0 Å². The number of fused-ring (bicyclic) bond motifs is 2. The van der Waals surface area contributed by atoms with Gasteiger partial charge in [-0.25, -0.2) is 14.5 Å². The normalized spacial score (nSPS) is 11.4. The van der Waals surface area contributed by atoms with Crippen molar-refractivity contribution in [3.05, 3.63) is 48.1 Å². The maximum Gasteiger partial charge on any atom is 0.155 e. The summed E-state index contributed by atoms with van der Waals surface area (Å²) in [6, 6.07) is 5.84. The van der Waals surface area contributed by atoms with Crippen LogP contribution in [0, 0.1) is 0 Å². The van der Waals surface area contributed by atoms with Crippen LogP contribution in [-0.2, 0) is 0 Å². The maximum atomic E-state index is 6.01. The van der Waals surface area contributed by atoms with Crippen molar-refractivity contribution in [3.63, 3.8) is 0 Å². The van der Waals surface area contributed by atoms with Crippen LogP contribution < -0.4 is 0 Å². The molecule has 0 bridgehead atoms. The van der Waals surface area contributed by atoms with Crippen molar-refractivity contribution in [2.24, 2.45) is 0 Å². The molecule has 4 rings (SSSR count). The smallest absolute Gasteiger partial charge is 0.155 e. The van der Waals surface area contributed by atoms with Crippen molar-refractivity contribution in [1.82, 2.24) is 24.6 Å². The Hall–Kier alpha value is -2.40. The van der Waals surface area contributed by atoms with Crippen LogP contribution in [0.5, 0.6) is 0 Å². The minimum atomic E-state index is 0.621. The molecule has 0 atom stereocenters. The summed E-state index contributed by atoms with van der Waals surface area (Å²) in [4.78, 5) is 11.5. The van der Waals surface area contributed by atoms with Gasteiger partial charge in [0.1, 0.15) is 12.0 Å². The first-order valence-electron chi connectivity index (χ1n) is 5.74. The van der Waals surface area contributed by atoms with Gasteiger partial charge in [0.05, 0.1) is 5.02 Å². The fourth-order valence-electron chi connectivity index (χ4n) is 2.19. The summed E-state index contributed by atoms with van der Waals surface area (Å²) in [7, 11) is 0. The van der Waals surface area contributed by atoms with E-state index in [1.165, 1.54) is 6.33 Å². The quantitative estimate of drug-likeness (QED) is 0.578. The lowest BCUT2D eigenvalue weighted by molar-refractivity contribution is 0.963. The molecule has 4 heterocycles. The number of aromatic amines is 1. The molecule has 5 nitrogen and oxygen atoms in total. The van der Waals surface area contributed by atoms with E-state index in [9.17, 15) is 0 Å². The summed E-state index contributed by atoms with van der Waals surface area (Å²) in [6.07, 6.45) is 7.02. The molecule has 92 valence electrons. The molecule has 0 aliphatic heterocycles. The summed E-state index contributed by atoms with van der Waals surface area (Å²) in [5.74, 6) is 0. The van der Waals surface area contributed by atoms with E-state index < -0.39 is 0 Å². The molecular formula is C13H8ClN5. The molecule has 1 N–H and O–H groups in total. The molecule has 0 fully saturated rings. The highest BCUT2D eigenvalue weighted by Gasteiger charge is 2.08. The van der Waals surface area contributed by atoms with Crippen LogP contribution in [0.25, 0.3) is 27.8 Å². The number of halogens is 1. The number of H-pyrrole nitrogens is 1. The van der Waals surface area contributed by atoms with Crippen molar-refractivity contribution in [3.8, 4) is 11.1 Å². The molecule has 4 aromatic heterocycles. The minimum Gasteiger partial charge on any atom is -0.346 e. The van der Waals surface area contributed by atoms with Crippen LogP contribution in [0.3, 0.4) is 0 Å². The van der Waals surface area contributed by atoms with E-state index in [1.54, 1.807) is 10.7 Å². The van der Waals surface area contributed by atoms with Gasteiger partial charge in [-0.1, -0.05) is 11.6 Å². The fraction of sp³-hybridized carbons (Fsp3) is 0. The van der Waals surface area contributed by atoms with E-state index in [0.717, 1.165) is 27.8 Å². The number of hydrogen-bond donors (Lipinski definition) is 1. The molecule has 0 saturated heterocycles. The number of hydrogen-bond acceptors (Lipinski definition) is 3. The lowest BCUT2D eigenvalue weighted by Crippen LogP contribution is -1.87. The van der Waals surface area contributed by atoms with Crippen molar-refractivity contribution in [1.29, 1.82) is 0 Å². The van der Waals surface area contributed by atoms with Crippen molar-refractivity contribution >= 4 is 28.3 Å². The van der Waals surface area contributed by atoms with Gasteiger partial charge in [-0.05, 0) is 18.2 Å². The molecule has 0 saturated carbocycles. The van der Waals surface area contributed by atoms with Gasteiger partial charge in [-0.2, -0.15) is 5.10 Å². The number of nitrogens with one attached hydrogen (secondary N) is 1. The Kier molecular flexibility index (Phi) is 2.10. The Morgan fingerprint density at radius 1 is 1.21 bits per heavy atom. The highest BCUT2D eigenvalue weighted by Crippen LogP contribution is 2.29. The molecular weight excluding hydrogens is 262 g/mol. The Bertz CT molecular complexity index is 892. The third-order valence-corrected chi connectivity index (χ3v) is 3.29. The molecule has 0 aliphatic carbocycles. The largest absolute Gasteiger partial charge is 0.346 e. The zero-order chi connectivity index (χ0) is 12.8. The highest BCUT2D eigenvalue weighted by molar-refractivity contribution is 6.31. The van der Waals surface area contributed by atoms with E-state index in [-0.39, 0.29) is 0 Å². The van der Waals surface area contributed by atoms with Crippen LogP contribution in [0.2, 0.25) is 5.02 Å². The van der Waals surface area contributed by atoms with E-state index >= 15 is 0 Å². The first kappa shape index (κ1) is 10.5. The lowest BCUT2D eigenvalue weighted by Gasteiger charge is -2.00. The predicted molar refractivity (Wildman–Crippen MR) is 73.1 cm³/mol. The molecule has 0 amide bonds. The second-order valence-corrected chi connectivity index (χ2v) is 4.67. The van der Waals surface area contributed by atoms with Gasteiger partial charge in [0.25, 0.3) is 0 Å². The highest BCUT2D eigenvalue weighted by atomic mass is 35.5. The SMILES string of the molecule is Clc1cnc2[nH]cc(-c3ccc4ncnn4c3)c2c1. The first-order valence-corrected chi connectivity index (χ1v) is 6.11. The van der Waals surface area contributed by atoms with Gasteiger partial charge in [-0.3, -0.25) is 0 Å². The first-order chi connectivity index (χ1) is 9.31.